The van der Waals surface area contributed by atoms with Gasteiger partial charge in [0.15, 0.2) is 5.82 Å². The summed E-state index contributed by atoms with van der Waals surface area (Å²) in [5.41, 5.74) is 1.60. The van der Waals surface area contributed by atoms with Crippen molar-refractivity contribution < 1.29 is 0 Å². The van der Waals surface area contributed by atoms with Crippen LogP contribution in [0, 0.1) is 0 Å². The lowest BCUT2D eigenvalue weighted by atomic mass is 9.70. The largest absolute Gasteiger partial charge is 0.256 e. The van der Waals surface area contributed by atoms with Crippen molar-refractivity contribution in [2.24, 2.45) is 7.05 Å². The Labute approximate surface area is 143 Å². The predicted molar refractivity (Wildman–Crippen MR) is 98.0 cm³/mol. The van der Waals surface area contributed by atoms with Crippen LogP contribution in [0.15, 0.2) is 48.8 Å². The van der Waals surface area contributed by atoms with Gasteiger partial charge >= 0.3 is 0 Å². The zero-order valence-electron chi connectivity index (χ0n) is 14.4. The third-order valence-electron chi connectivity index (χ3n) is 5.59. The zero-order chi connectivity index (χ0) is 16.4. The smallest absolute Gasteiger partial charge is 0.156 e. The van der Waals surface area contributed by atoms with Crippen molar-refractivity contribution in [2.75, 3.05) is 0 Å². The second-order valence-electron chi connectivity index (χ2n) is 7.26. The number of benzene rings is 2. The highest BCUT2D eigenvalue weighted by atomic mass is 15.3. The summed E-state index contributed by atoms with van der Waals surface area (Å²) in [6, 6.07) is 15.5. The maximum absolute atomic E-state index is 4.67. The number of aryl methyl sites for hydroxylation is 2. The lowest BCUT2D eigenvalue weighted by molar-refractivity contribution is 0.259. The average Bonchev–Trinajstić information content (AvgIpc) is 3.08. The molecule has 4 rings (SSSR count). The molecule has 24 heavy (non-hydrogen) atoms. The lowest BCUT2D eigenvalue weighted by Gasteiger charge is -2.35. The van der Waals surface area contributed by atoms with E-state index in [0.29, 0.717) is 0 Å². The van der Waals surface area contributed by atoms with E-state index in [1.54, 1.807) is 0 Å². The average molecular weight is 319 g/mol. The van der Waals surface area contributed by atoms with Gasteiger partial charge in [-0.1, -0.05) is 61.7 Å². The number of hydrogen-bond acceptors (Lipinski definition) is 2. The third-order valence-corrected chi connectivity index (χ3v) is 5.59. The number of fused-ring (bicyclic) bond motifs is 1. The van der Waals surface area contributed by atoms with Gasteiger partial charge in [-0.2, -0.15) is 5.10 Å². The van der Waals surface area contributed by atoms with Crippen molar-refractivity contribution in [3.05, 3.63) is 60.2 Å². The van der Waals surface area contributed by atoms with Crippen LogP contribution < -0.4 is 0 Å². The Bertz CT molecular complexity index is 828. The highest BCUT2D eigenvalue weighted by Gasteiger charge is 2.36. The molecular weight excluding hydrogens is 294 g/mol. The Hall–Kier alpha value is -2.16. The molecule has 1 aliphatic carbocycles. The molecule has 0 atom stereocenters. The van der Waals surface area contributed by atoms with Crippen LogP contribution >= 0.6 is 0 Å². The maximum atomic E-state index is 4.67. The van der Waals surface area contributed by atoms with Gasteiger partial charge in [-0.05, 0) is 42.0 Å². The van der Waals surface area contributed by atoms with Gasteiger partial charge in [-0.3, -0.25) is 4.68 Å². The van der Waals surface area contributed by atoms with E-state index in [1.165, 1.54) is 48.4 Å². The third kappa shape index (κ3) is 2.95. The SMILES string of the molecule is Cn1cnc(C2(CCc3ccc4ccccc4c3)CCCCC2)n1. The fourth-order valence-corrected chi connectivity index (χ4v) is 4.17. The highest BCUT2D eigenvalue weighted by molar-refractivity contribution is 5.82. The normalized spacial score (nSPS) is 17.2. The molecule has 0 amide bonds. The summed E-state index contributed by atoms with van der Waals surface area (Å²) in [6.07, 6.45) is 10.5. The molecular formula is C21H25N3. The predicted octanol–water partition coefficient (Wildman–Crippen LogP) is 4.80. The van der Waals surface area contributed by atoms with E-state index in [9.17, 15) is 0 Å². The molecule has 0 radical (unpaired) electrons. The van der Waals surface area contributed by atoms with E-state index in [-0.39, 0.29) is 5.41 Å². The van der Waals surface area contributed by atoms with E-state index in [4.69, 9.17) is 0 Å². The molecule has 0 aliphatic heterocycles. The zero-order valence-corrected chi connectivity index (χ0v) is 14.4. The second kappa shape index (κ2) is 6.39. The van der Waals surface area contributed by atoms with Crippen molar-refractivity contribution in [3.8, 4) is 0 Å². The first-order chi connectivity index (χ1) is 11.8. The van der Waals surface area contributed by atoms with Gasteiger partial charge in [0.1, 0.15) is 6.33 Å². The molecule has 0 saturated heterocycles. The number of aromatic nitrogens is 3. The van der Waals surface area contributed by atoms with E-state index in [2.05, 4.69) is 52.5 Å². The van der Waals surface area contributed by atoms with Gasteiger partial charge in [0.25, 0.3) is 0 Å². The van der Waals surface area contributed by atoms with Crippen LogP contribution in [0.2, 0.25) is 0 Å². The first-order valence-electron chi connectivity index (χ1n) is 9.09. The standard InChI is InChI=1S/C21H25N3/c1-24-16-22-20(23-24)21(12-5-2-6-13-21)14-11-17-9-10-18-7-3-4-8-19(18)15-17/h3-4,7-10,15-16H,2,5-6,11-14H2,1H3. The van der Waals surface area contributed by atoms with Gasteiger partial charge in [0.05, 0.1) is 0 Å². The summed E-state index contributed by atoms with van der Waals surface area (Å²) in [7, 11) is 1.97. The monoisotopic (exact) mass is 319 g/mol. The van der Waals surface area contributed by atoms with Crippen molar-refractivity contribution in [1.82, 2.24) is 14.8 Å². The number of nitrogens with zero attached hydrogens (tertiary/aromatic N) is 3. The minimum atomic E-state index is 0.172. The summed E-state index contributed by atoms with van der Waals surface area (Å²) in [5.74, 6) is 1.06. The van der Waals surface area contributed by atoms with Gasteiger partial charge in [-0.25, -0.2) is 4.98 Å². The quantitative estimate of drug-likeness (QED) is 0.691. The Morgan fingerprint density at radius 3 is 2.54 bits per heavy atom. The van der Waals surface area contributed by atoms with Crippen LogP contribution in [0.4, 0.5) is 0 Å². The minimum Gasteiger partial charge on any atom is -0.256 e. The topological polar surface area (TPSA) is 30.7 Å². The fourth-order valence-electron chi connectivity index (χ4n) is 4.17. The molecule has 124 valence electrons. The van der Waals surface area contributed by atoms with Crippen molar-refractivity contribution in [1.29, 1.82) is 0 Å². The molecule has 3 aromatic rings. The van der Waals surface area contributed by atoms with E-state index < -0.39 is 0 Å². The maximum Gasteiger partial charge on any atom is 0.156 e. The molecule has 3 nitrogen and oxygen atoms in total. The molecule has 1 aliphatic rings. The summed E-state index contributed by atoms with van der Waals surface area (Å²) in [6.45, 7) is 0. The summed E-state index contributed by atoms with van der Waals surface area (Å²) < 4.78 is 1.85. The Morgan fingerprint density at radius 2 is 1.79 bits per heavy atom. The molecule has 1 saturated carbocycles. The Morgan fingerprint density at radius 1 is 1.00 bits per heavy atom. The fraction of sp³-hybridized carbons (Fsp3) is 0.429. The van der Waals surface area contributed by atoms with Gasteiger partial charge in [0.2, 0.25) is 0 Å². The van der Waals surface area contributed by atoms with Crippen LogP contribution in [0.25, 0.3) is 10.8 Å². The van der Waals surface area contributed by atoms with Gasteiger partial charge in [0, 0.05) is 12.5 Å². The van der Waals surface area contributed by atoms with Crippen molar-refractivity contribution in [3.63, 3.8) is 0 Å². The first-order valence-corrected chi connectivity index (χ1v) is 9.09. The van der Waals surface area contributed by atoms with Gasteiger partial charge in [-0.15, -0.1) is 0 Å². The molecule has 0 unspecified atom stereocenters. The van der Waals surface area contributed by atoms with E-state index in [1.807, 2.05) is 18.1 Å². The summed E-state index contributed by atoms with van der Waals surface area (Å²) in [4.78, 5) is 4.63. The summed E-state index contributed by atoms with van der Waals surface area (Å²) >= 11 is 0. The second-order valence-corrected chi connectivity index (χ2v) is 7.26. The Balaban J connectivity index is 1.58. The Kier molecular flexibility index (Phi) is 4.09. The molecule has 3 heteroatoms. The van der Waals surface area contributed by atoms with Crippen molar-refractivity contribution in [2.45, 2.75) is 50.4 Å². The molecule has 1 heterocycles. The van der Waals surface area contributed by atoms with Crippen LogP contribution in [0.5, 0.6) is 0 Å². The van der Waals surface area contributed by atoms with E-state index >= 15 is 0 Å². The minimum absolute atomic E-state index is 0.172. The number of rotatable bonds is 4. The van der Waals surface area contributed by atoms with Crippen LogP contribution in [-0.2, 0) is 18.9 Å². The van der Waals surface area contributed by atoms with Gasteiger partial charge < -0.3 is 0 Å². The van der Waals surface area contributed by atoms with E-state index in [0.717, 1.165) is 18.7 Å². The summed E-state index contributed by atoms with van der Waals surface area (Å²) in [5, 5.41) is 7.33. The van der Waals surface area contributed by atoms with Crippen molar-refractivity contribution >= 4 is 10.8 Å². The molecule has 1 aromatic heterocycles. The lowest BCUT2D eigenvalue weighted by Crippen LogP contribution is -2.31. The first kappa shape index (κ1) is 15.4. The molecule has 0 N–H and O–H groups in total. The van der Waals surface area contributed by atoms with Crippen LogP contribution in [0.3, 0.4) is 0 Å². The molecule has 1 fully saturated rings. The molecule has 0 bridgehead atoms. The molecule has 0 spiro atoms. The highest BCUT2D eigenvalue weighted by Crippen LogP contribution is 2.41. The van der Waals surface area contributed by atoms with Crippen LogP contribution in [-0.4, -0.2) is 14.8 Å². The molecule has 2 aromatic carbocycles. The number of hydrogen-bond donors (Lipinski definition) is 0. The van der Waals surface area contributed by atoms with Crippen LogP contribution in [0.1, 0.15) is 49.9 Å².